The molecule has 0 spiro atoms. The molecule has 0 atom stereocenters. The van der Waals surface area contributed by atoms with Gasteiger partial charge in [0.1, 0.15) is 11.6 Å². The van der Waals surface area contributed by atoms with Gasteiger partial charge in [-0.05, 0) is 44.0 Å². The number of nitrogens with one attached hydrogen (secondary N) is 2. The Bertz CT molecular complexity index is 905. The Morgan fingerprint density at radius 3 is 2.67 bits per heavy atom. The van der Waals surface area contributed by atoms with Crippen LogP contribution in [0.15, 0.2) is 23.0 Å². The highest BCUT2D eigenvalue weighted by atomic mass is 35.5. The Kier molecular flexibility index (Phi) is 4.44. The minimum Gasteiger partial charge on any atom is -0.495 e. The van der Waals surface area contributed by atoms with Crippen LogP contribution in [0.4, 0.5) is 0 Å². The topological polar surface area (TPSA) is 88.6 Å². The molecular formula is C16H18ClN5O2. The Morgan fingerprint density at radius 1 is 1.21 bits per heavy atom. The van der Waals surface area contributed by atoms with E-state index in [2.05, 4.69) is 20.4 Å². The molecule has 0 aliphatic carbocycles. The number of halogens is 1. The molecule has 3 aromatic rings. The number of hydrogen-bond acceptors (Lipinski definition) is 4. The first-order valence-electron chi connectivity index (χ1n) is 7.52. The highest BCUT2D eigenvalue weighted by molar-refractivity contribution is 6.30. The first kappa shape index (κ1) is 16.3. The zero-order valence-electron chi connectivity index (χ0n) is 13.7. The van der Waals surface area contributed by atoms with Crippen molar-refractivity contribution in [3.63, 3.8) is 0 Å². The van der Waals surface area contributed by atoms with E-state index in [1.54, 1.807) is 25.3 Å². The van der Waals surface area contributed by atoms with E-state index in [0.29, 0.717) is 28.7 Å². The fourth-order valence-electron chi connectivity index (χ4n) is 2.76. The van der Waals surface area contributed by atoms with Crippen LogP contribution < -0.4 is 10.4 Å². The van der Waals surface area contributed by atoms with E-state index >= 15 is 0 Å². The standard InChI is InChI=1S/C16H18ClN5O2/c1-9-12(10(2)19-18-9)5-7-15-20-21-16(23)22(15)13-8-11(17)4-6-14(13)24-3/h4,6,8H,5,7H2,1-3H3,(H,18,19)(H,21,23). The Labute approximate surface area is 143 Å². The molecular weight excluding hydrogens is 330 g/mol. The Hall–Kier alpha value is -2.54. The summed E-state index contributed by atoms with van der Waals surface area (Å²) in [4.78, 5) is 12.2. The van der Waals surface area contributed by atoms with Crippen LogP contribution in [0.1, 0.15) is 22.8 Å². The van der Waals surface area contributed by atoms with Crippen molar-refractivity contribution in [3.05, 3.63) is 56.5 Å². The number of ether oxygens (including phenoxy) is 1. The number of aromatic nitrogens is 5. The minimum atomic E-state index is -0.328. The summed E-state index contributed by atoms with van der Waals surface area (Å²) in [6, 6.07) is 5.13. The second kappa shape index (κ2) is 6.52. The molecule has 7 nitrogen and oxygen atoms in total. The largest absolute Gasteiger partial charge is 0.495 e. The molecule has 0 radical (unpaired) electrons. The van der Waals surface area contributed by atoms with Gasteiger partial charge in [0.2, 0.25) is 0 Å². The van der Waals surface area contributed by atoms with E-state index in [1.807, 2.05) is 13.8 Å². The Balaban J connectivity index is 1.98. The van der Waals surface area contributed by atoms with E-state index in [-0.39, 0.29) is 5.69 Å². The first-order valence-corrected chi connectivity index (χ1v) is 7.89. The SMILES string of the molecule is COc1ccc(Cl)cc1-n1c(CCc2c(C)n[nH]c2C)n[nH]c1=O. The van der Waals surface area contributed by atoms with Gasteiger partial charge in [-0.15, -0.1) is 0 Å². The maximum absolute atomic E-state index is 12.2. The summed E-state index contributed by atoms with van der Waals surface area (Å²) in [6.07, 6.45) is 1.30. The average molecular weight is 348 g/mol. The van der Waals surface area contributed by atoms with Gasteiger partial charge in [-0.1, -0.05) is 11.6 Å². The van der Waals surface area contributed by atoms with Crippen molar-refractivity contribution in [2.75, 3.05) is 7.11 Å². The van der Waals surface area contributed by atoms with Crippen molar-refractivity contribution in [2.45, 2.75) is 26.7 Å². The lowest BCUT2D eigenvalue weighted by atomic mass is 10.1. The lowest BCUT2D eigenvalue weighted by Gasteiger charge is -2.11. The van der Waals surface area contributed by atoms with Gasteiger partial charge in [-0.2, -0.15) is 10.2 Å². The Morgan fingerprint density at radius 2 is 2.00 bits per heavy atom. The van der Waals surface area contributed by atoms with Gasteiger partial charge in [0.05, 0.1) is 18.5 Å². The monoisotopic (exact) mass is 347 g/mol. The lowest BCUT2D eigenvalue weighted by Crippen LogP contribution is -2.18. The maximum atomic E-state index is 12.2. The molecule has 0 fully saturated rings. The van der Waals surface area contributed by atoms with Crippen LogP contribution in [0, 0.1) is 13.8 Å². The normalized spacial score (nSPS) is 11.0. The molecule has 0 saturated heterocycles. The van der Waals surface area contributed by atoms with Crippen molar-refractivity contribution in [2.24, 2.45) is 0 Å². The third-order valence-electron chi connectivity index (χ3n) is 4.00. The molecule has 0 amide bonds. The molecule has 0 aliphatic rings. The summed E-state index contributed by atoms with van der Waals surface area (Å²) in [7, 11) is 1.55. The van der Waals surface area contributed by atoms with Crippen LogP contribution in [0.25, 0.3) is 5.69 Å². The van der Waals surface area contributed by atoms with Gasteiger partial charge in [-0.3, -0.25) is 5.10 Å². The number of hydrogen-bond donors (Lipinski definition) is 2. The highest BCUT2D eigenvalue weighted by Crippen LogP contribution is 2.26. The summed E-state index contributed by atoms with van der Waals surface area (Å²) < 4.78 is 6.84. The molecule has 1 aromatic carbocycles. The summed E-state index contributed by atoms with van der Waals surface area (Å²) in [5.74, 6) is 1.17. The van der Waals surface area contributed by atoms with Gasteiger partial charge in [-0.25, -0.2) is 14.5 Å². The van der Waals surface area contributed by atoms with Crippen molar-refractivity contribution in [1.29, 1.82) is 0 Å². The molecule has 0 bridgehead atoms. The summed E-state index contributed by atoms with van der Waals surface area (Å²) >= 11 is 6.08. The van der Waals surface area contributed by atoms with E-state index in [0.717, 1.165) is 23.4 Å². The van der Waals surface area contributed by atoms with Crippen molar-refractivity contribution >= 4 is 11.6 Å². The molecule has 0 saturated carbocycles. The zero-order chi connectivity index (χ0) is 17.3. The number of aryl methyl sites for hydroxylation is 3. The number of benzene rings is 1. The number of aromatic amines is 2. The predicted molar refractivity (Wildman–Crippen MR) is 91.2 cm³/mol. The highest BCUT2D eigenvalue weighted by Gasteiger charge is 2.16. The number of H-pyrrole nitrogens is 2. The van der Waals surface area contributed by atoms with Crippen LogP contribution in [0.3, 0.4) is 0 Å². The fraction of sp³-hybridized carbons (Fsp3) is 0.312. The van der Waals surface area contributed by atoms with Gasteiger partial charge >= 0.3 is 5.69 Å². The van der Waals surface area contributed by atoms with E-state index in [9.17, 15) is 4.79 Å². The van der Waals surface area contributed by atoms with Gasteiger partial charge < -0.3 is 4.74 Å². The third-order valence-corrected chi connectivity index (χ3v) is 4.24. The average Bonchev–Trinajstić information content (AvgIpc) is 3.08. The van der Waals surface area contributed by atoms with Crippen molar-refractivity contribution in [1.82, 2.24) is 25.0 Å². The molecule has 2 aromatic heterocycles. The molecule has 0 unspecified atom stereocenters. The second-order valence-corrected chi connectivity index (χ2v) is 5.95. The molecule has 2 N–H and O–H groups in total. The lowest BCUT2D eigenvalue weighted by molar-refractivity contribution is 0.412. The first-order chi connectivity index (χ1) is 11.5. The summed E-state index contributed by atoms with van der Waals surface area (Å²) in [6.45, 7) is 3.93. The number of rotatable bonds is 5. The van der Waals surface area contributed by atoms with Gasteiger partial charge in [0, 0.05) is 17.1 Å². The second-order valence-electron chi connectivity index (χ2n) is 5.51. The van der Waals surface area contributed by atoms with Crippen LogP contribution in [0.5, 0.6) is 5.75 Å². The molecule has 2 heterocycles. The number of methoxy groups -OCH3 is 1. The van der Waals surface area contributed by atoms with Crippen LogP contribution in [-0.2, 0) is 12.8 Å². The minimum absolute atomic E-state index is 0.328. The molecule has 126 valence electrons. The summed E-state index contributed by atoms with van der Waals surface area (Å²) in [5.41, 5.74) is 3.36. The molecule has 3 rings (SSSR count). The molecule has 0 aliphatic heterocycles. The van der Waals surface area contributed by atoms with Crippen LogP contribution in [-0.4, -0.2) is 32.1 Å². The van der Waals surface area contributed by atoms with E-state index < -0.39 is 0 Å². The predicted octanol–water partition coefficient (Wildman–Crippen LogP) is 2.35. The number of nitrogens with zero attached hydrogens (tertiary/aromatic N) is 3. The molecule has 24 heavy (non-hydrogen) atoms. The van der Waals surface area contributed by atoms with Crippen molar-refractivity contribution in [3.8, 4) is 11.4 Å². The fourth-order valence-corrected chi connectivity index (χ4v) is 2.93. The van der Waals surface area contributed by atoms with Crippen LogP contribution in [0.2, 0.25) is 5.02 Å². The quantitative estimate of drug-likeness (QED) is 0.741. The van der Waals surface area contributed by atoms with Crippen LogP contribution >= 0.6 is 11.6 Å². The van der Waals surface area contributed by atoms with E-state index in [4.69, 9.17) is 16.3 Å². The molecule has 8 heteroatoms. The van der Waals surface area contributed by atoms with Gasteiger partial charge in [0.15, 0.2) is 0 Å². The third kappa shape index (κ3) is 2.94. The summed E-state index contributed by atoms with van der Waals surface area (Å²) in [5, 5.41) is 14.3. The zero-order valence-corrected chi connectivity index (χ0v) is 14.4. The maximum Gasteiger partial charge on any atom is 0.348 e. The van der Waals surface area contributed by atoms with E-state index in [1.165, 1.54) is 4.57 Å². The van der Waals surface area contributed by atoms with Gasteiger partial charge in [0.25, 0.3) is 0 Å². The smallest absolute Gasteiger partial charge is 0.348 e. The van der Waals surface area contributed by atoms with Crippen molar-refractivity contribution < 1.29 is 4.74 Å².